The lowest BCUT2D eigenvalue weighted by atomic mass is 10.3. The summed E-state index contributed by atoms with van der Waals surface area (Å²) in [5, 5.41) is 0. The fourth-order valence-corrected chi connectivity index (χ4v) is 1.35. The van der Waals surface area contributed by atoms with E-state index in [0.29, 0.717) is 6.42 Å². The van der Waals surface area contributed by atoms with Crippen LogP contribution in [0.15, 0.2) is 0 Å². The molecule has 0 amide bonds. The van der Waals surface area contributed by atoms with Crippen LogP contribution in [0.1, 0.15) is 12.8 Å². The van der Waals surface area contributed by atoms with Gasteiger partial charge in [0.1, 0.15) is 0 Å². The van der Waals surface area contributed by atoms with Crippen LogP contribution in [0.25, 0.3) is 0 Å². The van der Waals surface area contributed by atoms with Gasteiger partial charge in [-0.1, -0.05) is 0 Å². The van der Waals surface area contributed by atoms with E-state index in [0.717, 1.165) is 13.0 Å². The summed E-state index contributed by atoms with van der Waals surface area (Å²) in [6, 6.07) is 0. The predicted octanol–water partition coefficient (Wildman–Crippen LogP) is 0.343. The topological polar surface area (TPSA) is 70.1 Å². The lowest BCUT2D eigenvalue weighted by Gasteiger charge is -2.00. The minimum atomic E-state index is -3.75. The predicted molar refractivity (Wildman–Crippen MR) is 35.9 cm³/mol. The van der Waals surface area contributed by atoms with E-state index in [2.05, 4.69) is 0 Å². The summed E-state index contributed by atoms with van der Waals surface area (Å²) in [7, 11) is -3.75. The van der Waals surface area contributed by atoms with E-state index in [-0.39, 0.29) is 12.3 Å². The summed E-state index contributed by atoms with van der Waals surface area (Å²) in [5.74, 6) is 0. The normalized spacial score (nSPS) is 24.8. The van der Waals surface area contributed by atoms with Crippen LogP contribution in [0, 0.1) is 0 Å². The lowest BCUT2D eigenvalue weighted by Crippen LogP contribution is -1.91. The van der Waals surface area contributed by atoms with E-state index in [9.17, 15) is 4.57 Å². The van der Waals surface area contributed by atoms with Crippen molar-refractivity contribution in [3.05, 3.63) is 0 Å². The Morgan fingerprint density at radius 2 is 2.20 bits per heavy atom. The first-order valence-electron chi connectivity index (χ1n) is 3.24. The molecule has 0 aliphatic carbocycles. The van der Waals surface area contributed by atoms with Crippen LogP contribution >= 0.6 is 7.60 Å². The molecule has 0 spiro atoms. The van der Waals surface area contributed by atoms with Gasteiger partial charge >= 0.3 is 7.60 Å². The highest BCUT2D eigenvalue weighted by atomic mass is 31.2. The van der Waals surface area contributed by atoms with Crippen LogP contribution in [0.4, 0.5) is 0 Å². The van der Waals surface area contributed by atoms with Gasteiger partial charge in [0.2, 0.25) is 0 Å². The van der Waals surface area contributed by atoms with Gasteiger partial charge in [-0.15, -0.1) is 0 Å². The lowest BCUT2D eigenvalue weighted by molar-refractivity contribution is 0.365. The van der Waals surface area contributed by atoms with Crippen molar-refractivity contribution in [3.8, 4) is 0 Å². The number of ether oxygens (including phenoxy) is 1. The summed E-state index contributed by atoms with van der Waals surface area (Å²) in [6.45, 7) is 0.765. The van der Waals surface area contributed by atoms with E-state index in [1.807, 2.05) is 0 Å². The molecule has 0 saturated carbocycles. The van der Waals surface area contributed by atoms with Crippen molar-refractivity contribution in [2.45, 2.75) is 18.9 Å². The molecular formula is C5H11O4P. The van der Waals surface area contributed by atoms with Crippen molar-refractivity contribution in [2.75, 3.05) is 12.8 Å². The van der Waals surface area contributed by atoms with Crippen LogP contribution in [0.3, 0.4) is 0 Å². The fraction of sp³-hybridized carbons (Fsp3) is 1.00. The van der Waals surface area contributed by atoms with E-state index in [4.69, 9.17) is 14.5 Å². The Kier molecular flexibility index (Phi) is 2.47. The maximum atomic E-state index is 10.3. The van der Waals surface area contributed by atoms with Crippen molar-refractivity contribution >= 4 is 7.60 Å². The molecule has 0 bridgehead atoms. The molecule has 60 valence electrons. The molecule has 1 rings (SSSR count). The van der Waals surface area contributed by atoms with Gasteiger partial charge in [0.25, 0.3) is 0 Å². The third-order valence-electron chi connectivity index (χ3n) is 1.38. The Morgan fingerprint density at radius 1 is 1.60 bits per heavy atom. The van der Waals surface area contributed by atoms with E-state index >= 15 is 0 Å². The minimum absolute atomic E-state index is 0.00708. The third kappa shape index (κ3) is 4.01. The molecule has 1 atom stereocenters. The quantitative estimate of drug-likeness (QED) is 0.466. The molecule has 0 aromatic rings. The molecule has 1 heterocycles. The number of epoxide rings is 1. The Labute approximate surface area is 59.4 Å². The first kappa shape index (κ1) is 8.21. The van der Waals surface area contributed by atoms with Crippen LogP contribution < -0.4 is 0 Å². The van der Waals surface area contributed by atoms with Crippen LogP contribution in [0.5, 0.6) is 0 Å². The van der Waals surface area contributed by atoms with Gasteiger partial charge in [-0.25, -0.2) is 0 Å². The summed E-state index contributed by atoms with van der Waals surface area (Å²) < 4.78 is 15.2. The second kappa shape index (κ2) is 3.01. The molecule has 2 N–H and O–H groups in total. The van der Waals surface area contributed by atoms with Crippen LogP contribution in [-0.4, -0.2) is 28.7 Å². The maximum Gasteiger partial charge on any atom is 0.325 e. The third-order valence-corrected chi connectivity index (χ3v) is 2.28. The Bertz CT molecular complexity index is 148. The number of rotatable bonds is 4. The van der Waals surface area contributed by atoms with E-state index in [1.165, 1.54) is 0 Å². The first-order valence-corrected chi connectivity index (χ1v) is 5.04. The van der Waals surface area contributed by atoms with Gasteiger partial charge in [-0.3, -0.25) is 4.57 Å². The molecule has 5 heteroatoms. The molecular weight excluding hydrogens is 155 g/mol. The monoisotopic (exact) mass is 166 g/mol. The van der Waals surface area contributed by atoms with Crippen molar-refractivity contribution < 1.29 is 19.1 Å². The zero-order chi connectivity index (χ0) is 7.61. The Morgan fingerprint density at radius 3 is 2.60 bits per heavy atom. The van der Waals surface area contributed by atoms with Crippen molar-refractivity contribution in [2.24, 2.45) is 0 Å². The maximum absolute atomic E-state index is 10.3. The molecule has 1 fully saturated rings. The van der Waals surface area contributed by atoms with Gasteiger partial charge in [-0.05, 0) is 12.8 Å². The highest BCUT2D eigenvalue weighted by Gasteiger charge is 2.23. The standard InChI is InChI=1S/C5H11O4P/c6-10(7,8)3-1-2-5-4-9-5/h5H,1-4H2,(H2,6,7,8). The van der Waals surface area contributed by atoms with Gasteiger partial charge in [0.15, 0.2) is 0 Å². The first-order chi connectivity index (χ1) is 4.58. The molecule has 4 nitrogen and oxygen atoms in total. The van der Waals surface area contributed by atoms with Gasteiger partial charge in [0.05, 0.1) is 12.7 Å². The van der Waals surface area contributed by atoms with Crippen molar-refractivity contribution in [1.82, 2.24) is 0 Å². The highest BCUT2D eigenvalue weighted by Crippen LogP contribution is 2.36. The van der Waals surface area contributed by atoms with Gasteiger partial charge in [0, 0.05) is 6.16 Å². The molecule has 1 unspecified atom stereocenters. The summed E-state index contributed by atoms with van der Waals surface area (Å²) in [4.78, 5) is 16.8. The van der Waals surface area contributed by atoms with E-state index in [1.54, 1.807) is 0 Å². The van der Waals surface area contributed by atoms with Crippen LogP contribution in [0.2, 0.25) is 0 Å². The number of hydrogen-bond donors (Lipinski definition) is 2. The fourth-order valence-electron chi connectivity index (χ4n) is 0.760. The summed E-state index contributed by atoms with van der Waals surface area (Å²) in [5.41, 5.74) is 0. The molecule has 0 aromatic heterocycles. The molecule has 1 saturated heterocycles. The van der Waals surface area contributed by atoms with Crippen LogP contribution in [-0.2, 0) is 9.30 Å². The Balaban J connectivity index is 1.99. The van der Waals surface area contributed by atoms with Crippen molar-refractivity contribution in [1.29, 1.82) is 0 Å². The Hall–Kier alpha value is 0.110. The SMILES string of the molecule is O=P(O)(O)CCCC1CO1. The minimum Gasteiger partial charge on any atom is -0.373 e. The second-order valence-electron chi connectivity index (χ2n) is 2.49. The van der Waals surface area contributed by atoms with Gasteiger partial charge in [-0.2, -0.15) is 0 Å². The zero-order valence-corrected chi connectivity index (χ0v) is 6.46. The van der Waals surface area contributed by atoms with Gasteiger partial charge < -0.3 is 14.5 Å². The molecule has 1 aliphatic rings. The second-order valence-corrected chi connectivity index (χ2v) is 4.26. The zero-order valence-electron chi connectivity index (χ0n) is 5.56. The smallest absolute Gasteiger partial charge is 0.325 e. The average molecular weight is 166 g/mol. The average Bonchev–Trinajstić information content (AvgIpc) is 2.45. The summed E-state index contributed by atoms with van der Waals surface area (Å²) in [6.07, 6.45) is 1.62. The number of hydrogen-bond acceptors (Lipinski definition) is 2. The van der Waals surface area contributed by atoms with E-state index < -0.39 is 7.60 Å². The largest absolute Gasteiger partial charge is 0.373 e. The highest BCUT2D eigenvalue weighted by molar-refractivity contribution is 7.51. The van der Waals surface area contributed by atoms with Crippen molar-refractivity contribution in [3.63, 3.8) is 0 Å². The molecule has 0 radical (unpaired) electrons. The molecule has 1 aliphatic heterocycles. The molecule has 0 aromatic carbocycles. The summed E-state index contributed by atoms with van der Waals surface area (Å²) >= 11 is 0. The molecule has 10 heavy (non-hydrogen) atoms.